The molecule has 2 amide bonds. The minimum Gasteiger partial charge on any atom is -0.359 e. The fourth-order valence-corrected chi connectivity index (χ4v) is 1.49. The molecule has 5 nitrogen and oxygen atoms in total. The van der Waals surface area contributed by atoms with Crippen molar-refractivity contribution in [1.82, 2.24) is 10.6 Å². The van der Waals surface area contributed by atoms with Crippen molar-refractivity contribution < 1.29 is 9.59 Å². The van der Waals surface area contributed by atoms with E-state index in [1.165, 1.54) is 0 Å². The summed E-state index contributed by atoms with van der Waals surface area (Å²) in [5.41, 5.74) is 1.49. The van der Waals surface area contributed by atoms with Crippen molar-refractivity contribution in [3.63, 3.8) is 0 Å². The van der Waals surface area contributed by atoms with Crippen LogP contribution in [0.4, 0.5) is 5.69 Å². The molecule has 0 aromatic heterocycles. The molecule has 0 aliphatic carbocycles. The Morgan fingerprint density at radius 1 is 1.17 bits per heavy atom. The average molecular weight is 249 g/mol. The molecule has 0 saturated heterocycles. The summed E-state index contributed by atoms with van der Waals surface area (Å²) in [6.07, 6.45) is 0.258. The summed E-state index contributed by atoms with van der Waals surface area (Å²) in [6, 6.07) is 7.30. The second kappa shape index (κ2) is 7.45. The van der Waals surface area contributed by atoms with Crippen LogP contribution in [0.1, 0.15) is 12.5 Å². The van der Waals surface area contributed by atoms with E-state index in [1.807, 2.05) is 25.1 Å². The van der Waals surface area contributed by atoms with Crippen LogP contribution in [0, 0.1) is 0 Å². The third kappa shape index (κ3) is 4.55. The van der Waals surface area contributed by atoms with E-state index in [-0.39, 0.29) is 24.8 Å². The Labute approximate surface area is 107 Å². The van der Waals surface area contributed by atoms with Gasteiger partial charge in [0.15, 0.2) is 0 Å². The zero-order valence-corrected chi connectivity index (χ0v) is 10.7. The molecule has 1 aromatic rings. The third-order valence-electron chi connectivity index (χ3n) is 2.46. The van der Waals surface area contributed by atoms with Gasteiger partial charge in [-0.3, -0.25) is 9.59 Å². The lowest BCUT2D eigenvalue weighted by atomic mass is 10.1. The molecule has 0 aliphatic rings. The highest BCUT2D eigenvalue weighted by Crippen LogP contribution is 2.15. The van der Waals surface area contributed by atoms with Crippen molar-refractivity contribution in [1.29, 1.82) is 0 Å². The lowest BCUT2D eigenvalue weighted by molar-refractivity contribution is -0.120. The lowest BCUT2D eigenvalue weighted by Crippen LogP contribution is -2.28. The maximum atomic E-state index is 11.6. The van der Waals surface area contributed by atoms with Crippen molar-refractivity contribution >= 4 is 17.5 Å². The van der Waals surface area contributed by atoms with Crippen molar-refractivity contribution in [2.75, 3.05) is 25.5 Å². The molecule has 5 heteroatoms. The molecule has 0 saturated carbocycles. The van der Waals surface area contributed by atoms with Crippen LogP contribution in [-0.4, -0.2) is 32.0 Å². The first-order valence-electron chi connectivity index (χ1n) is 5.96. The highest BCUT2D eigenvalue weighted by molar-refractivity contribution is 5.93. The Kier molecular flexibility index (Phi) is 5.87. The molecular weight excluding hydrogens is 230 g/mol. The number of rotatable bonds is 6. The van der Waals surface area contributed by atoms with Gasteiger partial charge in [0.2, 0.25) is 11.8 Å². The number of hydrogen-bond acceptors (Lipinski definition) is 3. The highest BCUT2D eigenvalue weighted by Gasteiger charge is 2.08. The monoisotopic (exact) mass is 249 g/mol. The maximum Gasteiger partial charge on any atom is 0.238 e. The number of para-hydroxylation sites is 1. The van der Waals surface area contributed by atoms with Crippen LogP contribution in [0.25, 0.3) is 0 Å². The number of carbonyl (C=O) groups excluding carboxylic acids is 2. The number of hydrogen-bond donors (Lipinski definition) is 3. The zero-order valence-electron chi connectivity index (χ0n) is 10.7. The predicted octanol–water partition coefficient (Wildman–Crippen LogP) is 0.523. The van der Waals surface area contributed by atoms with Gasteiger partial charge in [0.25, 0.3) is 0 Å². The average Bonchev–Trinajstić information content (AvgIpc) is 2.38. The molecule has 98 valence electrons. The smallest absolute Gasteiger partial charge is 0.238 e. The van der Waals surface area contributed by atoms with Crippen molar-refractivity contribution in [2.45, 2.75) is 13.3 Å². The molecule has 0 radical (unpaired) electrons. The number of amides is 2. The normalized spacial score (nSPS) is 9.89. The first-order chi connectivity index (χ1) is 8.67. The molecule has 0 fully saturated rings. The van der Waals surface area contributed by atoms with Gasteiger partial charge in [-0.2, -0.15) is 0 Å². The van der Waals surface area contributed by atoms with Gasteiger partial charge in [0.05, 0.1) is 13.0 Å². The third-order valence-corrected chi connectivity index (χ3v) is 2.46. The standard InChI is InChI=1S/C13H19N3O2/c1-3-15-9-13(18)16-11-7-5-4-6-10(11)8-12(17)14-2/h4-7,15H,3,8-9H2,1-2H3,(H,14,17)(H,16,18). The Balaban J connectivity index is 2.69. The van der Waals surface area contributed by atoms with E-state index in [1.54, 1.807) is 13.1 Å². The Morgan fingerprint density at radius 3 is 2.56 bits per heavy atom. The summed E-state index contributed by atoms with van der Waals surface area (Å²) in [6.45, 7) is 2.95. The molecule has 1 aromatic carbocycles. The molecule has 0 spiro atoms. The van der Waals surface area contributed by atoms with Crippen LogP contribution in [0.5, 0.6) is 0 Å². The molecular formula is C13H19N3O2. The van der Waals surface area contributed by atoms with E-state index < -0.39 is 0 Å². The summed E-state index contributed by atoms with van der Waals surface area (Å²) in [7, 11) is 1.59. The molecule has 1 rings (SSSR count). The maximum absolute atomic E-state index is 11.6. The Bertz CT molecular complexity index is 418. The van der Waals surface area contributed by atoms with Crippen molar-refractivity contribution in [3.05, 3.63) is 29.8 Å². The Hall–Kier alpha value is -1.88. The van der Waals surface area contributed by atoms with Gasteiger partial charge in [-0.25, -0.2) is 0 Å². The first kappa shape index (κ1) is 14.2. The van der Waals surface area contributed by atoms with Gasteiger partial charge in [-0.1, -0.05) is 25.1 Å². The topological polar surface area (TPSA) is 70.2 Å². The van der Waals surface area contributed by atoms with E-state index in [4.69, 9.17) is 0 Å². The van der Waals surface area contributed by atoms with E-state index in [9.17, 15) is 9.59 Å². The van der Waals surface area contributed by atoms with Crippen LogP contribution in [0.2, 0.25) is 0 Å². The highest BCUT2D eigenvalue weighted by atomic mass is 16.2. The molecule has 3 N–H and O–H groups in total. The van der Waals surface area contributed by atoms with Crippen LogP contribution < -0.4 is 16.0 Å². The van der Waals surface area contributed by atoms with Gasteiger partial charge in [0, 0.05) is 12.7 Å². The van der Waals surface area contributed by atoms with E-state index in [0.717, 1.165) is 12.1 Å². The number of likely N-dealkylation sites (N-methyl/N-ethyl adjacent to an activating group) is 2. The minimum absolute atomic E-state index is 0.0802. The summed E-state index contributed by atoms with van der Waals surface area (Å²) < 4.78 is 0. The van der Waals surface area contributed by atoms with Crippen LogP contribution in [0.15, 0.2) is 24.3 Å². The van der Waals surface area contributed by atoms with Gasteiger partial charge in [-0.15, -0.1) is 0 Å². The SMILES string of the molecule is CCNCC(=O)Nc1ccccc1CC(=O)NC. The van der Waals surface area contributed by atoms with Gasteiger partial charge in [0.1, 0.15) is 0 Å². The molecule has 0 atom stereocenters. The number of benzene rings is 1. The van der Waals surface area contributed by atoms with Crippen LogP contribution in [-0.2, 0) is 16.0 Å². The first-order valence-corrected chi connectivity index (χ1v) is 5.96. The minimum atomic E-state index is -0.110. The fourth-order valence-electron chi connectivity index (χ4n) is 1.49. The summed E-state index contributed by atoms with van der Waals surface area (Å²) in [5, 5.41) is 8.31. The second-order valence-corrected chi connectivity index (χ2v) is 3.84. The number of carbonyl (C=O) groups is 2. The summed E-state index contributed by atoms with van der Waals surface area (Å²) in [5.74, 6) is -0.190. The zero-order chi connectivity index (χ0) is 13.4. The number of anilines is 1. The molecule has 0 bridgehead atoms. The molecule has 0 heterocycles. The molecule has 0 unspecified atom stereocenters. The van der Waals surface area contributed by atoms with Crippen LogP contribution in [0.3, 0.4) is 0 Å². The Morgan fingerprint density at radius 2 is 1.89 bits per heavy atom. The number of nitrogens with one attached hydrogen (secondary N) is 3. The lowest BCUT2D eigenvalue weighted by Gasteiger charge is -2.10. The molecule has 0 aliphatic heterocycles. The largest absolute Gasteiger partial charge is 0.359 e. The van der Waals surface area contributed by atoms with Gasteiger partial charge >= 0.3 is 0 Å². The van der Waals surface area contributed by atoms with Crippen LogP contribution >= 0.6 is 0 Å². The van der Waals surface area contributed by atoms with Crippen molar-refractivity contribution in [2.24, 2.45) is 0 Å². The van der Waals surface area contributed by atoms with E-state index >= 15 is 0 Å². The van der Waals surface area contributed by atoms with E-state index in [0.29, 0.717) is 5.69 Å². The summed E-state index contributed by atoms with van der Waals surface area (Å²) >= 11 is 0. The second-order valence-electron chi connectivity index (χ2n) is 3.84. The van der Waals surface area contributed by atoms with Crippen molar-refractivity contribution in [3.8, 4) is 0 Å². The summed E-state index contributed by atoms with van der Waals surface area (Å²) in [4.78, 5) is 23.0. The van der Waals surface area contributed by atoms with Gasteiger partial charge in [-0.05, 0) is 18.2 Å². The van der Waals surface area contributed by atoms with E-state index in [2.05, 4.69) is 16.0 Å². The van der Waals surface area contributed by atoms with Gasteiger partial charge < -0.3 is 16.0 Å². The molecule has 18 heavy (non-hydrogen) atoms. The quantitative estimate of drug-likeness (QED) is 0.688. The fraction of sp³-hybridized carbons (Fsp3) is 0.385. The predicted molar refractivity (Wildman–Crippen MR) is 71.4 cm³/mol.